The minimum Gasteiger partial charge on any atom is -0.477 e. The topological polar surface area (TPSA) is 76.6 Å². The molecular formula is C12H17N3O3. The van der Waals surface area contributed by atoms with Crippen LogP contribution in [0.25, 0.3) is 0 Å². The number of carbonyl (C=O) groups is 2. The molecular weight excluding hydrogens is 234 g/mol. The molecule has 0 unspecified atom stereocenters. The average molecular weight is 251 g/mol. The van der Waals surface area contributed by atoms with E-state index in [4.69, 9.17) is 5.11 Å². The SMILES string of the molecule is CN1CCN(CC(=O)c2c[nH]c(C(=O)O)c2)CC1. The molecule has 1 aliphatic rings. The van der Waals surface area contributed by atoms with E-state index in [1.807, 2.05) is 0 Å². The molecule has 0 aromatic carbocycles. The van der Waals surface area contributed by atoms with Crippen LogP contribution in [0, 0.1) is 0 Å². The summed E-state index contributed by atoms with van der Waals surface area (Å²) in [5.74, 6) is -1.09. The molecule has 2 N–H and O–H groups in total. The van der Waals surface area contributed by atoms with Gasteiger partial charge in [0.05, 0.1) is 6.54 Å². The molecule has 0 amide bonds. The lowest BCUT2D eigenvalue weighted by atomic mass is 10.2. The number of nitrogens with one attached hydrogen (secondary N) is 1. The number of nitrogens with zero attached hydrogens (tertiary/aromatic N) is 2. The molecule has 6 nitrogen and oxygen atoms in total. The second-order valence-electron chi connectivity index (χ2n) is 4.61. The van der Waals surface area contributed by atoms with E-state index >= 15 is 0 Å². The van der Waals surface area contributed by atoms with Crippen LogP contribution in [0.1, 0.15) is 20.8 Å². The molecule has 1 aliphatic heterocycles. The van der Waals surface area contributed by atoms with E-state index in [2.05, 4.69) is 21.8 Å². The van der Waals surface area contributed by atoms with Crippen LogP contribution in [0.3, 0.4) is 0 Å². The zero-order valence-corrected chi connectivity index (χ0v) is 10.3. The van der Waals surface area contributed by atoms with Gasteiger partial charge in [-0.2, -0.15) is 0 Å². The molecule has 0 spiro atoms. The number of aromatic carboxylic acids is 1. The fourth-order valence-electron chi connectivity index (χ4n) is 1.98. The Hall–Kier alpha value is -1.66. The number of H-pyrrole nitrogens is 1. The standard InChI is InChI=1S/C12H17N3O3/c1-14-2-4-15(5-3-14)8-11(16)9-6-10(12(17)18)13-7-9/h6-7,13H,2-5,8H2,1H3,(H,17,18). The molecule has 2 rings (SSSR count). The Morgan fingerprint density at radius 3 is 2.56 bits per heavy atom. The first-order chi connectivity index (χ1) is 8.56. The number of likely N-dealkylation sites (N-methyl/N-ethyl adjacent to an activating group) is 1. The summed E-state index contributed by atoms with van der Waals surface area (Å²) in [6.07, 6.45) is 1.46. The summed E-state index contributed by atoms with van der Waals surface area (Å²) in [5.41, 5.74) is 0.489. The van der Waals surface area contributed by atoms with Crippen molar-refractivity contribution in [2.45, 2.75) is 0 Å². The lowest BCUT2D eigenvalue weighted by molar-refractivity contribution is 0.0691. The fourth-order valence-corrected chi connectivity index (χ4v) is 1.98. The molecule has 0 aliphatic carbocycles. The number of carboxylic acids is 1. The maximum absolute atomic E-state index is 12.0. The number of Topliss-reactive ketones (excluding diaryl/α,β-unsaturated/α-hetero) is 1. The van der Waals surface area contributed by atoms with E-state index in [0.717, 1.165) is 26.2 Å². The van der Waals surface area contributed by atoms with Gasteiger partial charge in [0.25, 0.3) is 0 Å². The Labute approximate surface area is 105 Å². The highest BCUT2D eigenvalue weighted by Gasteiger charge is 2.18. The second kappa shape index (κ2) is 5.32. The summed E-state index contributed by atoms with van der Waals surface area (Å²) >= 11 is 0. The Morgan fingerprint density at radius 1 is 1.33 bits per heavy atom. The molecule has 1 saturated heterocycles. The molecule has 18 heavy (non-hydrogen) atoms. The van der Waals surface area contributed by atoms with E-state index in [9.17, 15) is 9.59 Å². The Bertz CT molecular complexity index is 447. The predicted molar refractivity (Wildman–Crippen MR) is 66.0 cm³/mol. The van der Waals surface area contributed by atoms with Crippen LogP contribution in [0.4, 0.5) is 0 Å². The Morgan fingerprint density at radius 2 is 2.00 bits per heavy atom. The van der Waals surface area contributed by atoms with Crippen molar-refractivity contribution in [2.75, 3.05) is 39.8 Å². The van der Waals surface area contributed by atoms with Gasteiger partial charge in [-0.25, -0.2) is 4.79 Å². The van der Waals surface area contributed by atoms with E-state index in [0.29, 0.717) is 12.1 Å². The number of hydrogen-bond acceptors (Lipinski definition) is 4. The first-order valence-electron chi connectivity index (χ1n) is 5.92. The van der Waals surface area contributed by atoms with Crippen LogP contribution in [0.15, 0.2) is 12.3 Å². The van der Waals surface area contributed by atoms with Gasteiger partial charge in [-0.05, 0) is 13.1 Å². The van der Waals surface area contributed by atoms with Crippen molar-refractivity contribution in [1.82, 2.24) is 14.8 Å². The number of aromatic nitrogens is 1. The third kappa shape index (κ3) is 2.96. The number of hydrogen-bond donors (Lipinski definition) is 2. The minimum absolute atomic E-state index is 0.0386. The number of aromatic amines is 1. The quantitative estimate of drug-likeness (QED) is 0.745. The molecule has 1 aromatic rings. The normalized spacial score (nSPS) is 17.8. The van der Waals surface area contributed by atoms with Crippen molar-refractivity contribution >= 4 is 11.8 Å². The molecule has 1 aromatic heterocycles. The van der Waals surface area contributed by atoms with Crippen molar-refractivity contribution in [3.8, 4) is 0 Å². The first kappa shape index (κ1) is 12.8. The Kier molecular flexibility index (Phi) is 3.78. The van der Waals surface area contributed by atoms with Crippen molar-refractivity contribution in [3.05, 3.63) is 23.5 Å². The summed E-state index contributed by atoms with van der Waals surface area (Å²) in [5, 5.41) is 8.77. The van der Waals surface area contributed by atoms with E-state index in [1.165, 1.54) is 12.3 Å². The molecule has 0 saturated carbocycles. The highest BCUT2D eigenvalue weighted by Crippen LogP contribution is 2.07. The van der Waals surface area contributed by atoms with Crippen LogP contribution in [0.2, 0.25) is 0 Å². The first-order valence-corrected chi connectivity index (χ1v) is 5.92. The number of ketones is 1. The van der Waals surface area contributed by atoms with Gasteiger partial charge in [-0.15, -0.1) is 0 Å². The number of rotatable bonds is 4. The van der Waals surface area contributed by atoms with Crippen LogP contribution in [0.5, 0.6) is 0 Å². The molecule has 6 heteroatoms. The van der Waals surface area contributed by atoms with E-state index in [-0.39, 0.29) is 11.5 Å². The van der Waals surface area contributed by atoms with Crippen LogP contribution >= 0.6 is 0 Å². The smallest absolute Gasteiger partial charge is 0.352 e. The second-order valence-corrected chi connectivity index (χ2v) is 4.61. The number of carbonyl (C=O) groups excluding carboxylic acids is 1. The van der Waals surface area contributed by atoms with Gasteiger partial charge < -0.3 is 15.0 Å². The summed E-state index contributed by atoms with van der Waals surface area (Å²) in [7, 11) is 2.06. The van der Waals surface area contributed by atoms with Gasteiger partial charge in [0.1, 0.15) is 5.69 Å². The van der Waals surface area contributed by atoms with Gasteiger partial charge in [-0.3, -0.25) is 9.69 Å². The third-order valence-electron chi connectivity index (χ3n) is 3.20. The summed E-state index contributed by atoms with van der Waals surface area (Å²) < 4.78 is 0. The molecule has 1 fully saturated rings. The van der Waals surface area contributed by atoms with Crippen LogP contribution in [-0.2, 0) is 0 Å². The van der Waals surface area contributed by atoms with Crippen molar-refractivity contribution < 1.29 is 14.7 Å². The summed E-state index contributed by atoms with van der Waals surface area (Å²) in [6.45, 7) is 4.02. The summed E-state index contributed by atoms with van der Waals surface area (Å²) in [6, 6.07) is 1.39. The third-order valence-corrected chi connectivity index (χ3v) is 3.20. The molecule has 0 atom stereocenters. The number of piperazine rings is 1. The van der Waals surface area contributed by atoms with E-state index < -0.39 is 5.97 Å². The zero-order valence-electron chi connectivity index (χ0n) is 10.3. The van der Waals surface area contributed by atoms with Gasteiger partial charge >= 0.3 is 5.97 Å². The minimum atomic E-state index is -1.05. The highest BCUT2D eigenvalue weighted by molar-refractivity contribution is 5.99. The molecule has 0 bridgehead atoms. The maximum Gasteiger partial charge on any atom is 0.352 e. The average Bonchev–Trinajstić information content (AvgIpc) is 2.81. The lowest BCUT2D eigenvalue weighted by Crippen LogP contribution is -2.46. The van der Waals surface area contributed by atoms with Crippen molar-refractivity contribution in [2.24, 2.45) is 0 Å². The number of carboxylic acid groups (broad SMARTS) is 1. The fraction of sp³-hybridized carbons (Fsp3) is 0.500. The van der Waals surface area contributed by atoms with Gasteiger partial charge in [0.15, 0.2) is 5.78 Å². The largest absolute Gasteiger partial charge is 0.477 e. The van der Waals surface area contributed by atoms with Crippen LogP contribution in [-0.4, -0.2) is 71.4 Å². The monoisotopic (exact) mass is 251 g/mol. The van der Waals surface area contributed by atoms with Crippen LogP contribution < -0.4 is 0 Å². The van der Waals surface area contributed by atoms with Crippen molar-refractivity contribution in [1.29, 1.82) is 0 Å². The highest BCUT2D eigenvalue weighted by atomic mass is 16.4. The Balaban J connectivity index is 1.93. The molecule has 98 valence electrons. The zero-order chi connectivity index (χ0) is 13.1. The van der Waals surface area contributed by atoms with Gasteiger partial charge in [0.2, 0.25) is 0 Å². The lowest BCUT2D eigenvalue weighted by Gasteiger charge is -2.31. The predicted octanol–water partition coefficient (Wildman–Crippen LogP) is 0.143. The molecule has 0 radical (unpaired) electrons. The summed E-state index contributed by atoms with van der Waals surface area (Å²) in [4.78, 5) is 29.6. The van der Waals surface area contributed by atoms with Gasteiger partial charge in [0, 0.05) is 37.9 Å². The van der Waals surface area contributed by atoms with Gasteiger partial charge in [-0.1, -0.05) is 0 Å². The molecule has 2 heterocycles. The maximum atomic E-state index is 12.0. The van der Waals surface area contributed by atoms with E-state index in [1.54, 1.807) is 0 Å². The van der Waals surface area contributed by atoms with Crippen molar-refractivity contribution in [3.63, 3.8) is 0 Å².